The van der Waals surface area contributed by atoms with E-state index in [2.05, 4.69) is 15.2 Å². The molecule has 9 heteroatoms. The van der Waals surface area contributed by atoms with Crippen molar-refractivity contribution in [3.63, 3.8) is 0 Å². The van der Waals surface area contributed by atoms with Gasteiger partial charge in [0.25, 0.3) is 5.91 Å². The lowest BCUT2D eigenvalue weighted by Crippen LogP contribution is -2.39. The number of benzene rings is 1. The van der Waals surface area contributed by atoms with E-state index in [1.165, 1.54) is 0 Å². The topological polar surface area (TPSA) is 96.5 Å². The number of nitrogens with zero attached hydrogens (tertiary/aromatic N) is 5. The molecular weight excluding hydrogens is 408 g/mol. The minimum absolute atomic E-state index is 0.0878. The second-order valence-electron chi connectivity index (χ2n) is 7.88. The van der Waals surface area contributed by atoms with E-state index in [0.29, 0.717) is 29.7 Å². The third-order valence-electron chi connectivity index (χ3n) is 5.71. The summed E-state index contributed by atoms with van der Waals surface area (Å²) >= 11 is 0. The average Bonchev–Trinajstić information content (AvgIpc) is 3.37. The van der Waals surface area contributed by atoms with Gasteiger partial charge in [-0.1, -0.05) is 6.07 Å². The number of ether oxygens (including phenoxy) is 2. The first-order valence-electron chi connectivity index (χ1n) is 10.6. The molecule has 0 bridgehead atoms. The van der Waals surface area contributed by atoms with E-state index in [9.17, 15) is 4.79 Å². The smallest absolute Gasteiger partial charge is 0.272 e. The van der Waals surface area contributed by atoms with Crippen molar-refractivity contribution < 1.29 is 14.3 Å². The number of hydrogen-bond donors (Lipinski definition) is 1. The molecule has 4 rings (SSSR count). The number of carbonyl (C=O) groups excluding carboxylic acids is 1. The standard InChI is InChI=1S/C23H28N6O3/c1-28(2)23-24-14-15(20-18(31-3)9-7-10-19(20)32-4)21(26-23)17-8-5-6-13-29(17)22(30)16-11-12-25-27-16/h7,9-12,14,17H,5-6,8,13H2,1-4H3,(H,25,27)/t17-/m1/s1. The Morgan fingerprint density at radius 1 is 1.16 bits per heavy atom. The SMILES string of the molecule is COc1cccc(OC)c1-c1cnc(N(C)C)nc1[C@H]1CCCCN1C(=O)c1ccn[nH]1. The monoisotopic (exact) mass is 436 g/mol. The van der Waals surface area contributed by atoms with Gasteiger partial charge in [0.1, 0.15) is 17.2 Å². The van der Waals surface area contributed by atoms with E-state index in [4.69, 9.17) is 14.5 Å². The van der Waals surface area contributed by atoms with Crippen molar-refractivity contribution in [2.75, 3.05) is 39.8 Å². The van der Waals surface area contributed by atoms with Crippen LogP contribution in [0.15, 0.2) is 36.7 Å². The third-order valence-corrected chi connectivity index (χ3v) is 5.71. The molecule has 1 aromatic carbocycles. The molecule has 0 aliphatic carbocycles. The predicted octanol–water partition coefficient (Wildman–Crippen LogP) is 3.32. The van der Waals surface area contributed by atoms with Gasteiger partial charge in [-0.3, -0.25) is 9.89 Å². The highest BCUT2D eigenvalue weighted by molar-refractivity contribution is 5.92. The number of anilines is 1. The molecule has 1 saturated heterocycles. The quantitative estimate of drug-likeness (QED) is 0.633. The van der Waals surface area contributed by atoms with E-state index in [1.54, 1.807) is 32.7 Å². The first kappa shape index (κ1) is 21.6. The molecule has 9 nitrogen and oxygen atoms in total. The normalized spacial score (nSPS) is 16.0. The van der Waals surface area contributed by atoms with Crippen LogP contribution in [0.25, 0.3) is 11.1 Å². The fourth-order valence-electron chi connectivity index (χ4n) is 4.15. The molecule has 1 aliphatic rings. The number of aromatic nitrogens is 4. The number of nitrogens with one attached hydrogen (secondary N) is 1. The third kappa shape index (κ3) is 3.98. The van der Waals surface area contributed by atoms with Gasteiger partial charge in [-0.2, -0.15) is 5.10 Å². The van der Waals surface area contributed by atoms with Crippen molar-refractivity contribution in [2.45, 2.75) is 25.3 Å². The lowest BCUT2D eigenvalue weighted by molar-refractivity contribution is 0.0600. The maximum atomic E-state index is 13.3. The van der Waals surface area contributed by atoms with Crippen LogP contribution in [0, 0.1) is 0 Å². The molecule has 168 valence electrons. The first-order valence-corrected chi connectivity index (χ1v) is 10.6. The van der Waals surface area contributed by atoms with Gasteiger partial charge < -0.3 is 19.3 Å². The Bertz CT molecular complexity index is 1060. The van der Waals surface area contributed by atoms with Gasteiger partial charge in [-0.15, -0.1) is 0 Å². The number of rotatable bonds is 6. The summed E-state index contributed by atoms with van der Waals surface area (Å²) in [4.78, 5) is 26.5. The van der Waals surface area contributed by atoms with Gasteiger partial charge in [0.05, 0.1) is 31.5 Å². The van der Waals surface area contributed by atoms with Crippen molar-refractivity contribution >= 4 is 11.9 Å². The van der Waals surface area contributed by atoms with Crippen molar-refractivity contribution in [2.24, 2.45) is 0 Å². The van der Waals surface area contributed by atoms with Crippen LogP contribution in [0.5, 0.6) is 11.5 Å². The maximum absolute atomic E-state index is 13.3. The molecule has 32 heavy (non-hydrogen) atoms. The molecule has 2 aromatic heterocycles. The zero-order valence-electron chi connectivity index (χ0n) is 18.8. The molecule has 3 heterocycles. The number of carbonyl (C=O) groups is 1. The second kappa shape index (κ2) is 9.25. The van der Waals surface area contributed by atoms with Gasteiger partial charge in [-0.25, -0.2) is 9.97 Å². The van der Waals surface area contributed by atoms with Gasteiger partial charge in [0.2, 0.25) is 5.95 Å². The van der Waals surface area contributed by atoms with Crippen LogP contribution in [0.4, 0.5) is 5.95 Å². The lowest BCUT2D eigenvalue weighted by atomic mass is 9.92. The number of methoxy groups -OCH3 is 2. The van der Waals surface area contributed by atoms with Crippen LogP contribution >= 0.6 is 0 Å². The molecular formula is C23H28N6O3. The summed E-state index contributed by atoms with van der Waals surface area (Å²) in [7, 11) is 7.05. The zero-order chi connectivity index (χ0) is 22.7. The summed E-state index contributed by atoms with van der Waals surface area (Å²) in [5.74, 6) is 1.82. The van der Waals surface area contributed by atoms with Crippen LogP contribution < -0.4 is 14.4 Å². The molecule has 1 atom stereocenters. The summed E-state index contributed by atoms with van der Waals surface area (Å²) in [6, 6.07) is 7.13. The van der Waals surface area contributed by atoms with Crippen LogP contribution in [-0.2, 0) is 0 Å². The van der Waals surface area contributed by atoms with E-state index in [1.807, 2.05) is 42.1 Å². The van der Waals surface area contributed by atoms with Crippen molar-refractivity contribution in [3.8, 4) is 22.6 Å². The zero-order valence-corrected chi connectivity index (χ0v) is 18.8. The fourth-order valence-corrected chi connectivity index (χ4v) is 4.15. The summed E-state index contributed by atoms with van der Waals surface area (Å²) in [6.45, 7) is 0.645. The number of aromatic amines is 1. The molecule has 0 unspecified atom stereocenters. The van der Waals surface area contributed by atoms with Gasteiger partial charge >= 0.3 is 0 Å². The van der Waals surface area contributed by atoms with Crippen LogP contribution in [-0.4, -0.2) is 65.8 Å². The minimum atomic E-state index is -0.217. The number of piperidine rings is 1. The number of likely N-dealkylation sites (tertiary alicyclic amines) is 1. The molecule has 0 radical (unpaired) electrons. The highest BCUT2D eigenvalue weighted by Crippen LogP contribution is 2.43. The fraction of sp³-hybridized carbons (Fsp3) is 0.391. The van der Waals surface area contributed by atoms with E-state index < -0.39 is 0 Å². The molecule has 0 saturated carbocycles. The van der Waals surface area contributed by atoms with Gasteiger partial charge in [-0.05, 0) is 37.5 Å². The molecule has 1 N–H and O–H groups in total. The summed E-state index contributed by atoms with van der Waals surface area (Å²) in [6.07, 6.45) is 6.13. The number of amides is 1. The maximum Gasteiger partial charge on any atom is 0.272 e. The summed E-state index contributed by atoms with van der Waals surface area (Å²) in [5.41, 5.74) is 2.81. The summed E-state index contributed by atoms with van der Waals surface area (Å²) < 4.78 is 11.3. The second-order valence-corrected chi connectivity index (χ2v) is 7.88. The Balaban J connectivity index is 1.89. The highest BCUT2D eigenvalue weighted by Gasteiger charge is 2.33. The molecule has 1 amide bonds. The largest absolute Gasteiger partial charge is 0.496 e. The van der Waals surface area contributed by atoms with Crippen molar-refractivity contribution in [1.82, 2.24) is 25.1 Å². The first-order chi connectivity index (χ1) is 15.5. The van der Waals surface area contributed by atoms with Crippen LogP contribution in [0.1, 0.15) is 41.5 Å². The predicted molar refractivity (Wildman–Crippen MR) is 121 cm³/mol. The Kier molecular flexibility index (Phi) is 6.25. The van der Waals surface area contributed by atoms with E-state index in [-0.39, 0.29) is 11.9 Å². The summed E-state index contributed by atoms with van der Waals surface area (Å²) in [5, 5.41) is 6.74. The van der Waals surface area contributed by atoms with E-state index >= 15 is 0 Å². The van der Waals surface area contributed by atoms with Gasteiger partial charge in [0.15, 0.2) is 0 Å². The van der Waals surface area contributed by atoms with Crippen molar-refractivity contribution in [3.05, 3.63) is 48.0 Å². The van der Waals surface area contributed by atoms with Crippen molar-refractivity contribution in [1.29, 1.82) is 0 Å². The number of H-pyrrole nitrogens is 1. The Morgan fingerprint density at radius 3 is 2.53 bits per heavy atom. The number of hydrogen-bond acceptors (Lipinski definition) is 7. The van der Waals surface area contributed by atoms with Crippen LogP contribution in [0.3, 0.4) is 0 Å². The average molecular weight is 437 g/mol. The Labute approximate surface area is 187 Å². The highest BCUT2D eigenvalue weighted by atomic mass is 16.5. The Hall–Kier alpha value is -3.62. The Morgan fingerprint density at radius 2 is 1.91 bits per heavy atom. The van der Waals surface area contributed by atoms with Crippen LogP contribution in [0.2, 0.25) is 0 Å². The minimum Gasteiger partial charge on any atom is -0.496 e. The molecule has 1 aliphatic heterocycles. The molecule has 0 spiro atoms. The molecule has 1 fully saturated rings. The van der Waals surface area contributed by atoms with E-state index in [0.717, 1.165) is 36.1 Å². The molecule has 3 aromatic rings. The van der Waals surface area contributed by atoms with Gasteiger partial charge in [0, 0.05) is 38.6 Å². The lowest BCUT2D eigenvalue weighted by Gasteiger charge is -2.36.